The minimum absolute atomic E-state index is 0.0351. The highest BCUT2D eigenvalue weighted by Crippen LogP contribution is 2.29. The number of hydrogen-bond donors (Lipinski definition) is 2. The van der Waals surface area contributed by atoms with Gasteiger partial charge in [-0.25, -0.2) is 8.78 Å². The highest BCUT2D eigenvalue weighted by molar-refractivity contribution is 5.51. The lowest BCUT2D eigenvalue weighted by Gasteiger charge is -2.25. The van der Waals surface area contributed by atoms with Crippen LogP contribution in [0, 0.1) is 11.6 Å². The number of halogens is 2. The van der Waals surface area contributed by atoms with Gasteiger partial charge in [-0.15, -0.1) is 0 Å². The van der Waals surface area contributed by atoms with E-state index in [9.17, 15) is 13.9 Å². The van der Waals surface area contributed by atoms with Gasteiger partial charge >= 0.3 is 0 Å². The lowest BCUT2D eigenvalue weighted by atomic mass is 9.98. The molecule has 1 unspecified atom stereocenters. The summed E-state index contributed by atoms with van der Waals surface area (Å²) in [6.45, 7) is 5.97. The molecule has 5 heteroatoms. The second kappa shape index (κ2) is 6.71. The second-order valence-corrected chi connectivity index (χ2v) is 6.03. The van der Waals surface area contributed by atoms with Gasteiger partial charge in [0.1, 0.15) is 17.3 Å². The molecule has 1 aliphatic rings. The topological polar surface area (TPSA) is 35.5 Å². The summed E-state index contributed by atoms with van der Waals surface area (Å²) in [6, 6.07) is 2.79. The molecule has 21 heavy (non-hydrogen) atoms. The molecule has 1 aromatic carbocycles. The predicted octanol–water partition coefficient (Wildman–Crippen LogP) is 2.82. The van der Waals surface area contributed by atoms with Crippen LogP contribution in [-0.4, -0.2) is 30.3 Å². The van der Waals surface area contributed by atoms with Gasteiger partial charge in [0.2, 0.25) is 0 Å². The largest absolute Gasteiger partial charge is 0.390 e. The molecule has 0 radical (unpaired) electrons. The minimum Gasteiger partial charge on any atom is -0.390 e. The molecule has 1 heterocycles. The van der Waals surface area contributed by atoms with E-state index in [2.05, 4.69) is 5.32 Å². The molecule has 0 bridgehead atoms. The third-order valence-corrected chi connectivity index (χ3v) is 4.04. The molecule has 0 spiro atoms. The maximum absolute atomic E-state index is 14.3. The molecule has 1 aromatic rings. The van der Waals surface area contributed by atoms with E-state index < -0.39 is 17.2 Å². The van der Waals surface area contributed by atoms with Gasteiger partial charge in [-0.05, 0) is 50.4 Å². The number of rotatable bonds is 4. The molecule has 0 amide bonds. The van der Waals surface area contributed by atoms with Crippen molar-refractivity contribution < 1.29 is 13.9 Å². The molecular formula is C16H24F2N2O. The second-order valence-electron chi connectivity index (χ2n) is 6.03. The number of aliphatic hydroxyl groups is 1. The third-order valence-electron chi connectivity index (χ3n) is 4.04. The Hall–Kier alpha value is -1.20. The molecule has 1 atom stereocenters. The SMILES string of the molecule is CCNCc1cc(F)c(N2CCCC(C)(O)CC2)c(F)c1. The first-order valence-corrected chi connectivity index (χ1v) is 7.59. The van der Waals surface area contributed by atoms with Crippen molar-refractivity contribution >= 4 is 5.69 Å². The quantitative estimate of drug-likeness (QED) is 0.897. The van der Waals surface area contributed by atoms with Gasteiger partial charge in [0.15, 0.2) is 0 Å². The van der Waals surface area contributed by atoms with E-state index in [4.69, 9.17) is 0 Å². The summed E-state index contributed by atoms with van der Waals surface area (Å²) < 4.78 is 28.6. The molecule has 0 saturated carbocycles. The summed E-state index contributed by atoms with van der Waals surface area (Å²) in [6.07, 6.45) is 1.90. The first-order valence-electron chi connectivity index (χ1n) is 7.59. The maximum Gasteiger partial charge on any atom is 0.149 e. The van der Waals surface area contributed by atoms with Crippen LogP contribution in [0.1, 0.15) is 38.7 Å². The number of benzene rings is 1. The summed E-state index contributed by atoms with van der Waals surface area (Å²) in [5.74, 6) is -1.05. The van der Waals surface area contributed by atoms with Gasteiger partial charge in [0.05, 0.1) is 5.60 Å². The van der Waals surface area contributed by atoms with Crippen LogP contribution in [0.3, 0.4) is 0 Å². The van der Waals surface area contributed by atoms with E-state index in [-0.39, 0.29) is 5.69 Å². The monoisotopic (exact) mass is 298 g/mol. The van der Waals surface area contributed by atoms with Crippen LogP contribution in [0.25, 0.3) is 0 Å². The summed E-state index contributed by atoms with van der Waals surface area (Å²) in [7, 11) is 0. The summed E-state index contributed by atoms with van der Waals surface area (Å²) in [5.41, 5.74) is -0.0995. The fraction of sp³-hybridized carbons (Fsp3) is 0.625. The van der Waals surface area contributed by atoms with Crippen molar-refractivity contribution in [1.82, 2.24) is 5.32 Å². The van der Waals surface area contributed by atoms with Crippen LogP contribution in [0.4, 0.5) is 14.5 Å². The van der Waals surface area contributed by atoms with E-state index in [1.807, 2.05) is 6.92 Å². The van der Waals surface area contributed by atoms with Gasteiger partial charge in [0, 0.05) is 19.6 Å². The van der Waals surface area contributed by atoms with Crippen LogP contribution in [0.15, 0.2) is 12.1 Å². The van der Waals surface area contributed by atoms with Crippen molar-refractivity contribution in [2.75, 3.05) is 24.5 Å². The van der Waals surface area contributed by atoms with Crippen LogP contribution < -0.4 is 10.2 Å². The van der Waals surface area contributed by atoms with Crippen molar-refractivity contribution in [3.63, 3.8) is 0 Å². The maximum atomic E-state index is 14.3. The number of hydrogen-bond acceptors (Lipinski definition) is 3. The Labute approximate surface area is 125 Å². The Morgan fingerprint density at radius 1 is 1.24 bits per heavy atom. The molecule has 3 nitrogen and oxygen atoms in total. The molecule has 118 valence electrons. The average molecular weight is 298 g/mol. The Morgan fingerprint density at radius 3 is 2.52 bits per heavy atom. The van der Waals surface area contributed by atoms with Crippen LogP contribution >= 0.6 is 0 Å². The molecule has 1 fully saturated rings. The number of nitrogens with zero attached hydrogens (tertiary/aromatic N) is 1. The smallest absolute Gasteiger partial charge is 0.149 e. The van der Waals surface area contributed by atoms with Crippen molar-refractivity contribution in [3.8, 4) is 0 Å². The number of nitrogens with one attached hydrogen (secondary N) is 1. The van der Waals surface area contributed by atoms with Crippen molar-refractivity contribution in [3.05, 3.63) is 29.3 Å². The molecule has 2 N–H and O–H groups in total. The molecule has 1 saturated heterocycles. The van der Waals surface area contributed by atoms with Crippen molar-refractivity contribution in [1.29, 1.82) is 0 Å². The Kier molecular flexibility index (Phi) is 5.17. The van der Waals surface area contributed by atoms with Crippen LogP contribution in [-0.2, 0) is 6.54 Å². The molecule has 0 aromatic heterocycles. The molecule has 1 aliphatic heterocycles. The van der Waals surface area contributed by atoms with Gasteiger partial charge in [-0.2, -0.15) is 0 Å². The lowest BCUT2D eigenvalue weighted by molar-refractivity contribution is 0.0481. The van der Waals surface area contributed by atoms with E-state index in [0.29, 0.717) is 38.0 Å². The summed E-state index contributed by atoms with van der Waals surface area (Å²) >= 11 is 0. The van der Waals surface area contributed by atoms with Gasteiger partial charge in [-0.1, -0.05) is 6.92 Å². The van der Waals surface area contributed by atoms with Gasteiger partial charge in [0.25, 0.3) is 0 Å². The fourth-order valence-electron chi connectivity index (χ4n) is 2.78. The normalized spacial score (nSPS) is 23.2. The minimum atomic E-state index is -0.743. The van der Waals surface area contributed by atoms with E-state index >= 15 is 0 Å². The molecular weight excluding hydrogens is 274 g/mol. The third kappa shape index (κ3) is 4.14. The highest BCUT2D eigenvalue weighted by atomic mass is 19.1. The van der Waals surface area contributed by atoms with E-state index in [1.54, 1.807) is 11.8 Å². The summed E-state index contributed by atoms with van der Waals surface area (Å²) in [4.78, 5) is 1.71. The van der Waals surface area contributed by atoms with E-state index in [1.165, 1.54) is 12.1 Å². The highest BCUT2D eigenvalue weighted by Gasteiger charge is 2.27. The van der Waals surface area contributed by atoms with Crippen LogP contribution in [0.5, 0.6) is 0 Å². The molecule has 2 rings (SSSR count). The first-order chi connectivity index (χ1) is 9.93. The Morgan fingerprint density at radius 2 is 1.90 bits per heavy atom. The average Bonchev–Trinajstić information content (AvgIpc) is 2.57. The number of anilines is 1. The zero-order valence-electron chi connectivity index (χ0n) is 12.8. The summed E-state index contributed by atoms with van der Waals surface area (Å²) in [5, 5.41) is 13.1. The van der Waals surface area contributed by atoms with Crippen molar-refractivity contribution in [2.45, 2.75) is 45.3 Å². The predicted molar refractivity (Wildman–Crippen MR) is 80.4 cm³/mol. The van der Waals surface area contributed by atoms with Gasteiger partial charge in [-0.3, -0.25) is 0 Å². The van der Waals surface area contributed by atoms with Gasteiger partial charge < -0.3 is 15.3 Å². The zero-order valence-corrected chi connectivity index (χ0v) is 12.8. The first kappa shape index (κ1) is 16.2. The fourth-order valence-corrected chi connectivity index (χ4v) is 2.78. The van der Waals surface area contributed by atoms with Crippen molar-refractivity contribution in [2.24, 2.45) is 0 Å². The molecule has 0 aliphatic carbocycles. The Balaban J connectivity index is 2.19. The lowest BCUT2D eigenvalue weighted by Crippen LogP contribution is -2.29. The zero-order chi connectivity index (χ0) is 15.5. The standard InChI is InChI=1S/C16H24F2N2O/c1-3-19-11-12-9-13(17)15(14(18)10-12)20-7-4-5-16(2,21)6-8-20/h9-10,19,21H,3-8,11H2,1-2H3. The van der Waals surface area contributed by atoms with Crippen LogP contribution in [0.2, 0.25) is 0 Å². The Bertz CT molecular complexity index is 468. The van der Waals surface area contributed by atoms with E-state index in [0.717, 1.165) is 13.0 Å².